The van der Waals surface area contributed by atoms with Crippen LogP contribution in [0.3, 0.4) is 0 Å². The monoisotopic (exact) mass is 445 g/mol. The van der Waals surface area contributed by atoms with Gasteiger partial charge in [0.05, 0.1) is 17.4 Å². The molecule has 33 heavy (non-hydrogen) atoms. The summed E-state index contributed by atoms with van der Waals surface area (Å²) in [6.45, 7) is 5.87. The largest absolute Gasteiger partial charge is 0.363 e. The second-order valence-electron chi connectivity index (χ2n) is 8.58. The average molecular weight is 446 g/mol. The van der Waals surface area contributed by atoms with Gasteiger partial charge in [-0.15, -0.1) is 0 Å². The van der Waals surface area contributed by atoms with Crippen LogP contribution >= 0.6 is 0 Å². The number of aromatic nitrogens is 5. The first-order valence-electron chi connectivity index (χ1n) is 11.2. The van der Waals surface area contributed by atoms with Gasteiger partial charge >= 0.3 is 0 Å². The Morgan fingerprint density at radius 3 is 2.67 bits per heavy atom. The minimum absolute atomic E-state index is 0.158. The van der Waals surface area contributed by atoms with E-state index in [4.69, 9.17) is 4.98 Å². The molecule has 0 saturated heterocycles. The highest BCUT2D eigenvalue weighted by molar-refractivity contribution is 5.94. The predicted octanol–water partition coefficient (Wildman–Crippen LogP) is 3.65. The van der Waals surface area contributed by atoms with E-state index in [1.165, 1.54) is 0 Å². The first kappa shape index (κ1) is 22.5. The Morgan fingerprint density at radius 2 is 1.97 bits per heavy atom. The fraction of sp³-hybridized carbons (Fsp3) is 0.360. The maximum Gasteiger partial charge on any atom is 0.270 e. The third kappa shape index (κ3) is 4.46. The van der Waals surface area contributed by atoms with Gasteiger partial charge in [0.25, 0.3) is 5.91 Å². The van der Waals surface area contributed by atoms with Gasteiger partial charge in [-0.25, -0.2) is 9.97 Å². The third-order valence-corrected chi connectivity index (χ3v) is 6.00. The van der Waals surface area contributed by atoms with Crippen LogP contribution in [0.1, 0.15) is 51.8 Å². The van der Waals surface area contributed by atoms with E-state index in [9.17, 15) is 4.79 Å². The Kier molecular flexibility index (Phi) is 6.18. The maximum absolute atomic E-state index is 13.5. The molecule has 1 amide bonds. The summed E-state index contributed by atoms with van der Waals surface area (Å²) in [5, 5.41) is 8.90. The van der Waals surface area contributed by atoms with Crippen LogP contribution in [0.2, 0.25) is 0 Å². The fourth-order valence-corrected chi connectivity index (χ4v) is 4.30. The van der Waals surface area contributed by atoms with Crippen LogP contribution in [0, 0.1) is 13.8 Å². The Bertz CT molecular complexity index is 1300. The van der Waals surface area contributed by atoms with Crippen LogP contribution in [0.4, 0.5) is 5.82 Å². The van der Waals surface area contributed by atoms with Crippen LogP contribution in [0.25, 0.3) is 10.9 Å². The molecule has 2 N–H and O–H groups in total. The minimum Gasteiger partial charge on any atom is -0.363 e. The van der Waals surface area contributed by atoms with E-state index in [0.29, 0.717) is 17.9 Å². The molecule has 4 rings (SSSR count). The first-order valence-corrected chi connectivity index (χ1v) is 11.2. The maximum atomic E-state index is 13.5. The molecule has 0 saturated carbocycles. The molecule has 1 atom stereocenters. The lowest BCUT2D eigenvalue weighted by atomic mass is 10.0. The lowest BCUT2D eigenvalue weighted by Gasteiger charge is -2.21. The molecule has 4 aromatic rings. The number of hydrogen-bond donors (Lipinski definition) is 2. The van der Waals surface area contributed by atoms with Gasteiger partial charge in [0.2, 0.25) is 0 Å². The number of anilines is 1. The van der Waals surface area contributed by atoms with Gasteiger partial charge in [-0.2, -0.15) is 5.10 Å². The zero-order valence-corrected chi connectivity index (χ0v) is 20.1. The van der Waals surface area contributed by atoms with Crippen molar-refractivity contribution < 1.29 is 4.79 Å². The standard InChI is InChI=1S/C25H31N7O/c1-7-19-15(2)24(32(6)30-19)25(33)29-21(22-13-23(31(4)5)28-16(3)27-22)12-17-14-26-20-11-9-8-10-18(17)20/h8-11,13-14,21,26H,7,12H2,1-6H3,(H,29,33). The average Bonchev–Trinajstić information content (AvgIpc) is 3.32. The normalized spacial score (nSPS) is 12.2. The lowest BCUT2D eigenvalue weighted by Crippen LogP contribution is -2.32. The van der Waals surface area contributed by atoms with Crippen LogP contribution in [0.5, 0.6) is 0 Å². The van der Waals surface area contributed by atoms with Crippen molar-refractivity contribution in [1.82, 2.24) is 30.0 Å². The summed E-state index contributed by atoms with van der Waals surface area (Å²) >= 11 is 0. The Labute approximate surface area is 194 Å². The zero-order chi connectivity index (χ0) is 23.7. The van der Waals surface area contributed by atoms with Gasteiger partial charge < -0.3 is 15.2 Å². The highest BCUT2D eigenvalue weighted by Crippen LogP contribution is 2.26. The number of H-pyrrole nitrogens is 1. The fourth-order valence-electron chi connectivity index (χ4n) is 4.30. The molecule has 1 unspecified atom stereocenters. The first-order chi connectivity index (χ1) is 15.8. The SMILES string of the molecule is CCc1nn(C)c(C(=O)NC(Cc2c[nH]c3ccccc23)c2cc(N(C)C)nc(C)n2)c1C. The van der Waals surface area contributed by atoms with Crippen molar-refractivity contribution >= 4 is 22.6 Å². The molecule has 8 heteroatoms. The summed E-state index contributed by atoms with van der Waals surface area (Å²) in [5.41, 5.74) is 5.39. The van der Waals surface area contributed by atoms with Gasteiger partial charge in [-0.3, -0.25) is 9.48 Å². The van der Waals surface area contributed by atoms with Gasteiger partial charge in [0, 0.05) is 56.3 Å². The number of carbonyl (C=O) groups excluding carboxylic acids is 1. The quantitative estimate of drug-likeness (QED) is 0.453. The molecular formula is C25H31N7O. The number of hydrogen-bond acceptors (Lipinski definition) is 5. The number of nitrogens with zero attached hydrogens (tertiary/aromatic N) is 5. The minimum atomic E-state index is -0.337. The molecule has 172 valence electrons. The lowest BCUT2D eigenvalue weighted by molar-refractivity contribution is 0.0925. The van der Waals surface area contributed by atoms with Crippen molar-refractivity contribution in [3.8, 4) is 0 Å². The number of fused-ring (bicyclic) bond motifs is 1. The van der Waals surface area contributed by atoms with Crippen LogP contribution in [-0.2, 0) is 19.9 Å². The molecule has 3 aromatic heterocycles. The number of rotatable bonds is 7. The number of amides is 1. The van der Waals surface area contributed by atoms with Crippen LogP contribution in [0.15, 0.2) is 36.5 Å². The van der Waals surface area contributed by atoms with E-state index < -0.39 is 0 Å². The van der Waals surface area contributed by atoms with E-state index >= 15 is 0 Å². The van der Waals surface area contributed by atoms with Crippen molar-refractivity contribution in [2.24, 2.45) is 7.05 Å². The number of carbonyl (C=O) groups is 1. The van der Waals surface area contributed by atoms with Crippen molar-refractivity contribution in [3.63, 3.8) is 0 Å². The van der Waals surface area contributed by atoms with E-state index in [2.05, 4.69) is 32.5 Å². The highest BCUT2D eigenvalue weighted by Gasteiger charge is 2.24. The van der Waals surface area contributed by atoms with Crippen molar-refractivity contribution in [2.45, 2.75) is 39.7 Å². The van der Waals surface area contributed by atoms with Crippen LogP contribution in [-0.4, -0.2) is 44.7 Å². The third-order valence-electron chi connectivity index (χ3n) is 6.00. The Hall–Kier alpha value is -3.68. The topological polar surface area (TPSA) is 91.7 Å². The Balaban J connectivity index is 1.75. The van der Waals surface area contributed by atoms with Gasteiger partial charge in [0.15, 0.2) is 0 Å². The van der Waals surface area contributed by atoms with Gasteiger partial charge in [-0.1, -0.05) is 25.1 Å². The molecule has 3 heterocycles. The van der Waals surface area contributed by atoms with Crippen molar-refractivity contribution in [1.29, 1.82) is 0 Å². The molecule has 0 spiro atoms. The van der Waals surface area contributed by atoms with Gasteiger partial charge in [0.1, 0.15) is 17.3 Å². The number of para-hydroxylation sites is 1. The summed E-state index contributed by atoms with van der Waals surface area (Å²) in [6.07, 6.45) is 3.38. The van der Waals surface area contributed by atoms with Gasteiger partial charge in [-0.05, 0) is 31.9 Å². The highest BCUT2D eigenvalue weighted by atomic mass is 16.2. The molecule has 0 aliphatic carbocycles. The second kappa shape index (κ2) is 9.05. The molecule has 0 aliphatic rings. The molecule has 0 bridgehead atoms. The molecule has 0 fully saturated rings. The zero-order valence-electron chi connectivity index (χ0n) is 20.1. The summed E-state index contributed by atoms with van der Waals surface area (Å²) < 4.78 is 1.67. The predicted molar refractivity (Wildman–Crippen MR) is 131 cm³/mol. The van der Waals surface area contributed by atoms with E-state index in [1.54, 1.807) is 4.68 Å². The van der Waals surface area contributed by atoms with Crippen molar-refractivity contribution in [3.05, 3.63) is 70.6 Å². The second-order valence-corrected chi connectivity index (χ2v) is 8.58. The summed E-state index contributed by atoms with van der Waals surface area (Å²) in [7, 11) is 5.71. The number of nitrogens with one attached hydrogen (secondary N) is 2. The van der Waals surface area contributed by atoms with Crippen molar-refractivity contribution in [2.75, 3.05) is 19.0 Å². The Morgan fingerprint density at radius 1 is 1.21 bits per heavy atom. The molecule has 0 aliphatic heterocycles. The number of aryl methyl sites for hydroxylation is 3. The summed E-state index contributed by atoms with van der Waals surface area (Å²) in [6, 6.07) is 9.79. The van der Waals surface area contributed by atoms with Crippen LogP contribution < -0.4 is 10.2 Å². The molecule has 8 nitrogen and oxygen atoms in total. The van der Waals surface area contributed by atoms with E-state index in [-0.39, 0.29) is 11.9 Å². The number of benzene rings is 1. The molecular weight excluding hydrogens is 414 g/mol. The smallest absolute Gasteiger partial charge is 0.270 e. The molecule has 0 radical (unpaired) electrons. The van der Waals surface area contributed by atoms with E-state index in [1.807, 2.05) is 71.2 Å². The number of aromatic amines is 1. The van der Waals surface area contributed by atoms with E-state index in [0.717, 1.165) is 45.7 Å². The summed E-state index contributed by atoms with van der Waals surface area (Å²) in [4.78, 5) is 28.0. The molecule has 1 aromatic carbocycles. The summed E-state index contributed by atoms with van der Waals surface area (Å²) in [5.74, 6) is 1.31.